The van der Waals surface area contributed by atoms with Gasteiger partial charge in [-0.1, -0.05) is 12.1 Å². The van der Waals surface area contributed by atoms with Crippen LogP contribution in [0.2, 0.25) is 0 Å². The molecule has 2 aromatic carbocycles. The maximum atomic E-state index is 13.2. The summed E-state index contributed by atoms with van der Waals surface area (Å²) in [6, 6.07) is 10.4. The van der Waals surface area contributed by atoms with Crippen molar-refractivity contribution in [2.45, 2.75) is 37.6 Å². The Hall–Kier alpha value is -1.77. The zero-order chi connectivity index (χ0) is 20.2. The van der Waals surface area contributed by atoms with Crippen LogP contribution in [0.15, 0.2) is 51.8 Å². The predicted octanol–water partition coefficient (Wildman–Crippen LogP) is 3.64. The van der Waals surface area contributed by atoms with Crippen LogP contribution in [0.1, 0.15) is 36.7 Å². The Labute approximate surface area is 167 Å². The molecule has 5 nitrogen and oxygen atoms in total. The molecule has 0 atom stereocenters. The number of hydrogen-bond donors (Lipinski definition) is 2. The molecule has 146 valence electrons. The van der Waals surface area contributed by atoms with Crippen molar-refractivity contribution in [2.75, 3.05) is 6.54 Å². The van der Waals surface area contributed by atoms with Gasteiger partial charge >= 0.3 is 0 Å². The van der Waals surface area contributed by atoms with E-state index in [1.54, 1.807) is 32.9 Å². The molecule has 0 aromatic heterocycles. The van der Waals surface area contributed by atoms with Gasteiger partial charge in [0.1, 0.15) is 5.82 Å². The van der Waals surface area contributed by atoms with Gasteiger partial charge in [-0.25, -0.2) is 17.5 Å². The lowest BCUT2D eigenvalue weighted by molar-refractivity contribution is 0.0953. The average molecular weight is 457 g/mol. The minimum Gasteiger partial charge on any atom is -0.352 e. The third kappa shape index (κ3) is 6.41. The van der Waals surface area contributed by atoms with E-state index in [0.717, 1.165) is 5.56 Å². The molecular weight excluding hydrogens is 435 g/mol. The van der Waals surface area contributed by atoms with E-state index >= 15 is 0 Å². The van der Waals surface area contributed by atoms with Gasteiger partial charge in [0.25, 0.3) is 5.91 Å². The average Bonchev–Trinajstić information content (AvgIpc) is 2.52. The molecule has 8 heteroatoms. The van der Waals surface area contributed by atoms with Crippen molar-refractivity contribution in [1.29, 1.82) is 0 Å². The summed E-state index contributed by atoms with van der Waals surface area (Å²) >= 11 is 3.28. The van der Waals surface area contributed by atoms with Gasteiger partial charge in [0.15, 0.2) is 0 Å². The van der Waals surface area contributed by atoms with E-state index < -0.39 is 21.5 Å². The van der Waals surface area contributed by atoms with Crippen LogP contribution in [-0.4, -0.2) is 26.4 Å². The SMILES string of the molecule is CC(C)(C)NS(=O)(=O)c1ccc(Br)c(C(=O)NCCc2cccc(F)c2)c1. The number of amides is 1. The van der Waals surface area contributed by atoms with Gasteiger partial charge in [-0.05, 0) is 79.0 Å². The number of rotatable bonds is 6. The monoisotopic (exact) mass is 456 g/mol. The van der Waals surface area contributed by atoms with E-state index in [9.17, 15) is 17.6 Å². The van der Waals surface area contributed by atoms with Crippen LogP contribution in [0.5, 0.6) is 0 Å². The van der Waals surface area contributed by atoms with Gasteiger partial charge in [0.2, 0.25) is 10.0 Å². The molecule has 0 aliphatic carbocycles. The number of halogens is 2. The Morgan fingerprint density at radius 2 is 1.85 bits per heavy atom. The van der Waals surface area contributed by atoms with E-state index in [4.69, 9.17) is 0 Å². The summed E-state index contributed by atoms with van der Waals surface area (Å²) in [5.74, 6) is -0.739. The van der Waals surface area contributed by atoms with E-state index in [1.165, 1.54) is 30.3 Å². The Morgan fingerprint density at radius 1 is 1.15 bits per heavy atom. The Bertz CT molecular complexity index is 940. The van der Waals surface area contributed by atoms with Crippen LogP contribution >= 0.6 is 15.9 Å². The number of nitrogens with one attached hydrogen (secondary N) is 2. The Kier molecular flexibility index (Phi) is 6.77. The third-order valence-electron chi connectivity index (χ3n) is 3.52. The summed E-state index contributed by atoms with van der Waals surface area (Å²) in [6.45, 7) is 5.52. The van der Waals surface area contributed by atoms with Crippen molar-refractivity contribution < 1.29 is 17.6 Å². The van der Waals surface area contributed by atoms with E-state index in [2.05, 4.69) is 26.0 Å². The normalized spacial score (nSPS) is 12.0. The highest BCUT2D eigenvalue weighted by Crippen LogP contribution is 2.22. The van der Waals surface area contributed by atoms with Crippen molar-refractivity contribution >= 4 is 31.9 Å². The molecule has 0 unspecified atom stereocenters. The predicted molar refractivity (Wildman–Crippen MR) is 107 cm³/mol. The first kappa shape index (κ1) is 21.5. The van der Waals surface area contributed by atoms with Crippen molar-refractivity contribution in [3.63, 3.8) is 0 Å². The lowest BCUT2D eigenvalue weighted by Crippen LogP contribution is -2.40. The first-order chi connectivity index (χ1) is 12.5. The molecule has 27 heavy (non-hydrogen) atoms. The maximum absolute atomic E-state index is 13.2. The smallest absolute Gasteiger partial charge is 0.252 e. The lowest BCUT2D eigenvalue weighted by atomic mass is 10.1. The van der Waals surface area contributed by atoms with Gasteiger partial charge in [-0.15, -0.1) is 0 Å². The Balaban J connectivity index is 2.12. The quantitative estimate of drug-likeness (QED) is 0.696. The summed E-state index contributed by atoms with van der Waals surface area (Å²) in [5.41, 5.74) is 0.338. The molecule has 0 saturated carbocycles. The van der Waals surface area contributed by atoms with Crippen molar-refractivity contribution in [3.8, 4) is 0 Å². The van der Waals surface area contributed by atoms with Gasteiger partial charge < -0.3 is 5.32 Å². The summed E-state index contributed by atoms with van der Waals surface area (Å²) in [7, 11) is -3.75. The molecule has 0 fully saturated rings. The van der Waals surface area contributed by atoms with Gasteiger partial charge in [0, 0.05) is 16.6 Å². The molecule has 0 aliphatic heterocycles. The highest BCUT2D eigenvalue weighted by Gasteiger charge is 2.23. The molecule has 2 rings (SSSR count). The summed E-state index contributed by atoms with van der Waals surface area (Å²) in [4.78, 5) is 12.5. The minimum atomic E-state index is -3.75. The zero-order valence-electron chi connectivity index (χ0n) is 15.3. The molecule has 1 amide bonds. The first-order valence-corrected chi connectivity index (χ1v) is 10.6. The fourth-order valence-corrected chi connectivity index (χ4v) is 4.29. The fourth-order valence-electron chi connectivity index (χ4n) is 2.42. The van der Waals surface area contributed by atoms with Crippen LogP contribution < -0.4 is 10.0 Å². The van der Waals surface area contributed by atoms with Crippen molar-refractivity contribution in [1.82, 2.24) is 10.0 Å². The summed E-state index contributed by atoms with van der Waals surface area (Å²) in [5, 5.41) is 2.73. The molecular formula is C19H22BrFN2O3S. The molecule has 2 N–H and O–H groups in total. The van der Waals surface area contributed by atoms with Crippen LogP contribution in [0, 0.1) is 5.82 Å². The maximum Gasteiger partial charge on any atom is 0.252 e. The number of carbonyl (C=O) groups is 1. The number of benzene rings is 2. The summed E-state index contributed by atoms with van der Waals surface area (Å²) in [6.07, 6.45) is 0.463. The van der Waals surface area contributed by atoms with Crippen LogP contribution in [0.3, 0.4) is 0 Å². The number of hydrogen-bond acceptors (Lipinski definition) is 3. The molecule has 0 aliphatic rings. The van der Waals surface area contributed by atoms with Crippen molar-refractivity contribution in [2.24, 2.45) is 0 Å². The van der Waals surface area contributed by atoms with E-state index in [-0.39, 0.29) is 16.3 Å². The second-order valence-electron chi connectivity index (χ2n) is 7.13. The van der Waals surface area contributed by atoms with E-state index in [1.807, 2.05) is 0 Å². The highest BCUT2D eigenvalue weighted by atomic mass is 79.9. The second kappa shape index (κ2) is 8.50. The standard InChI is InChI=1S/C19H22BrFN2O3S/c1-19(2,3)23-27(25,26)15-7-8-17(20)16(12-15)18(24)22-10-9-13-5-4-6-14(21)11-13/h4-8,11-12,23H,9-10H2,1-3H3,(H,22,24). The van der Waals surface area contributed by atoms with Gasteiger partial charge in [0.05, 0.1) is 10.5 Å². The van der Waals surface area contributed by atoms with Crippen LogP contribution in [-0.2, 0) is 16.4 Å². The van der Waals surface area contributed by atoms with Crippen molar-refractivity contribution in [3.05, 3.63) is 63.9 Å². The molecule has 0 spiro atoms. The summed E-state index contributed by atoms with van der Waals surface area (Å²) < 4.78 is 41.2. The largest absolute Gasteiger partial charge is 0.352 e. The van der Waals surface area contributed by atoms with Gasteiger partial charge in [-0.3, -0.25) is 4.79 Å². The highest BCUT2D eigenvalue weighted by molar-refractivity contribution is 9.10. The fraction of sp³-hybridized carbons (Fsp3) is 0.316. The van der Waals surface area contributed by atoms with E-state index in [0.29, 0.717) is 17.4 Å². The Morgan fingerprint density at radius 3 is 2.48 bits per heavy atom. The number of sulfonamides is 1. The first-order valence-electron chi connectivity index (χ1n) is 8.34. The van der Waals surface area contributed by atoms with Gasteiger partial charge in [-0.2, -0.15) is 0 Å². The zero-order valence-corrected chi connectivity index (χ0v) is 17.7. The minimum absolute atomic E-state index is 0.0101. The topological polar surface area (TPSA) is 75.3 Å². The second-order valence-corrected chi connectivity index (χ2v) is 9.67. The number of carbonyl (C=O) groups excluding carboxylic acids is 1. The van der Waals surface area contributed by atoms with Crippen LogP contribution in [0.4, 0.5) is 4.39 Å². The molecule has 0 saturated heterocycles. The molecule has 0 radical (unpaired) electrons. The lowest BCUT2D eigenvalue weighted by Gasteiger charge is -2.20. The third-order valence-corrected chi connectivity index (χ3v) is 5.97. The molecule has 0 heterocycles. The molecule has 0 bridgehead atoms. The molecule has 2 aromatic rings. The van der Waals surface area contributed by atoms with Crippen LogP contribution in [0.25, 0.3) is 0 Å².